The number of benzene rings is 2. The lowest BCUT2D eigenvalue weighted by molar-refractivity contribution is 0.0846. The van der Waals surface area contributed by atoms with Gasteiger partial charge >= 0.3 is 0 Å². The molecular weight excluding hydrogens is 411 g/mol. The van der Waals surface area contributed by atoms with Gasteiger partial charge in [0.05, 0.1) is 34.2 Å². The van der Waals surface area contributed by atoms with Crippen molar-refractivity contribution in [3.63, 3.8) is 0 Å². The van der Waals surface area contributed by atoms with Crippen molar-refractivity contribution >= 4 is 22.8 Å². The minimum atomic E-state index is -0.490. The van der Waals surface area contributed by atoms with Crippen LogP contribution in [-0.4, -0.2) is 31.1 Å². The largest absolute Gasteiger partial charge is 0.329 e. The maximum atomic E-state index is 13.2. The summed E-state index contributed by atoms with van der Waals surface area (Å²) in [7, 11) is 0. The Morgan fingerprint density at radius 3 is 2.44 bits per heavy atom. The Kier molecular flexibility index (Phi) is 5.72. The van der Waals surface area contributed by atoms with Crippen molar-refractivity contribution in [3.8, 4) is 5.69 Å². The third-order valence-corrected chi connectivity index (χ3v) is 5.33. The second kappa shape index (κ2) is 8.62. The zero-order chi connectivity index (χ0) is 22.8. The molecule has 0 aliphatic carbocycles. The lowest BCUT2D eigenvalue weighted by Gasteiger charge is -2.10. The van der Waals surface area contributed by atoms with Crippen LogP contribution >= 0.6 is 0 Å². The molecule has 2 N–H and O–H groups in total. The number of fused-ring (bicyclic) bond motifs is 1. The molecule has 2 aromatic heterocycles. The van der Waals surface area contributed by atoms with Gasteiger partial charge in [-0.15, -0.1) is 0 Å². The predicted molar refractivity (Wildman–Crippen MR) is 118 cm³/mol. The van der Waals surface area contributed by atoms with Gasteiger partial charge in [0.1, 0.15) is 11.6 Å². The topological polar surface area (TPSA) is 93.8 Å². The summed E-state index contributed by atoms with van der Waals surface area (Å²) in [5.74, 6) is -0.420. The zero-order valence-corrected chi connectivity index (χ0v) is 18.0. The SMILES string of the molecule is CCc1c(C(=O)NNC(=O)c2ccc3c(c2)nc(C)n3CC)cnn1-c1ccc(F)cc1. The first-order valence-corrected chi connectivity index (χ1v) is 10.3. The van der Waals surface area contributed by atoms with Crippen molar-refractivity contribution in [1.82, 2.24) is 30.2 Å². The molecule has 8 nitrogen and oxygen atoms in total. The number of hydrogen-bond acceptors (Lipinski definition) is 4. The van der Waals surface area contributed by atoms with E-state index in [0.29, 0.717) is 28.9 Å². The normalized spacial score (nSPS) is 11.0. The van der Waals surface area contributed by atoms with Crippen LogP contribution in [0.25, 0.3) is 16.7 Å². The van der Waals surface area contributed by atoms with Crippen molar-refractivity contribution < 1.29 is 14.0 Å². The standard InChI is InChI=1S/C23H23FN6O2/c1-4-20-18(13-25-30(20)17-9-7-16(24)8-10-17)23(32)28-27-22(31)15-6-11-21-19(12-15)26-14(3)29(21)5-2/h6-13H,4-5H2,1-3H3,(H,27,31)(H,28,32). The number of amides is 2. The highest BCUT2D eigenvalue weighted by Crippen LogP contribution is 2.18. The second-order valence-corrected chi connectivity index (χ2v) is 7.26. The first-order valence-electron chi connectivity index (χ1n) is 10.3. The van der Waals surface area contributed by atoms with Crippen LogP contribution in [-0.2, 0) is 13.0 Å². The smallest absolute Gasteiger partial charge is 0.273 e. The van der Waals surface area contributed by atoms with Crippen LogP contribution in [0.15, 0.2) is 48.7 Å². The fraction of sp³-hybridized carbons (Fsp3) is 0.217. The summed E-state index contributed by atoms with van der Waals surface area (Å²) in [4.78, 5) is 29.8. The van der Waals surface area contributed by atoms with E-state index < -0.39 is 11.8 Å². The van der Waals surface area contributed by atoms with E-state index in [9.17, 15) is 14.0 Å². The van der Waals surface area contributed by atoms with Gasteiger partial charge in [-0.3, -0.25) is 20.4 Å². The van der Waals surface area contributed by atoms with E-state index in [2.05, 4.69) is 25.5 Å². The number of nitrogens with zero attached hydrogens (tertiary/aromatic N) is 4. The van der Waals surface area contributed by atoms with E-state index in [0.717, 1.165) is 23.4 Å². The number of carbonyl (C=O) groups excluding carboxylic acids is 2. The second-order valence-electron chi connectivity index (χ2n) is 7.26. The molecule has 0 saturated heterocycles. The molecule has 32 heavy (non-hydrogen) atoms. The molecule has 2 aromatic carbocycles. The average Bonchev–Trinajstić information content (AvgIpc) is 3.37. The monoisotopic (exact) mass is 434 g/mol. The molecule has 2 heterocycles. The van der Waals surface area contributed by atoms with E-state index in [4.69, 9.17) is 0 Å². The Bertz CT molecular complexity index is 1310. The van der Waals surface area contributed by atoms with Crippen molar-refractivity contribution in [2.24, 2.45) is 0 Å². The number of hydrogen-bond donors (Lipinski definition) is 2. The molecule has 0 atom stereocenters. The van der Waals surface area contributed by atoms with E-state index >= 15 is 0 Å². The number of rotatable bonds is 5. The van der Waals surface area contributed by atoms with E-state index in [-0.39, 0.29) is 5.82 Å². The summed E-state index contributed by atoms with van der Waals surface area (Å²) in [5, 5.41) is 4.26. The molecular formula is C23H23FN6O2. The summed E-state index contributed by atoms with van der Waals surface area (Å²) in [6.45, 7) is 6.63. The highest BCUT2D eigenvalue weighted by atomic mass is 19.1. The van der Waals surface area contributed by atoms with Crippen molar-refractivity contribution in [2.45, 2.75) is 33.7 Å². The number of imidazole rings is 1. The number of carbonyl (C=O) groups is 2. The Hall–Kier alpha value is -4.01. The Morgan fingerprint density at radius 1 is 1.03 bits per heavy atom. The lowest BCUT2D eigenvalue weighted by atomic mass is 10.2. The van der Waals surface area contributed by atoms with E-state index in [1.807, 2.05) is 26.8 Å². The highest BCUT2D eigenvalue weighted by Gasteiger charge is 2.18. The quantitative estimate of drug-likeness (QED) is 0.471. The molecule has 164 valence electrons. The highest BCUT2D eigenvalue weighted by molar-refractivity contribution is 6.01. The molecule has 4 aromatic rings. The maximum absolute atomic E-state index is 13.2. The van der Waals surface area contributed by atoms with Crippen molar-refractivity contribution in [2.75, 3.05) is 0 Å². The summed E-state index contributed by atoms with van der Waals surface area (Å²) < 4.78 is 16.9. The van der Waals surface area contributed by atoms with Crippen LogP contribution in [0.4, 0.5) is 4.39 Å². The van der Waals surface area contributed by atoms with Gasteiger partial charge in [0.2, 0.25) is 0 Å². The zero-order valence-electron chi connectivity index (χ0n) is 18.0. The van der Waals surface area contributed by atoms with Gasteiger partial charge in [0.25, 0.3) is 11.8 Å². The fourth-order valence-corrected chi connectivity index (χ4v) is 3.75. The first-order chi connectivity index (χ1) is 15.4. The van der Waals surface area contributed by atoms with Gasteiger partial charge in [0.15, 0.2) is 0 Å². The van der Waals surface area contributed by atoms with Gasteiger partial charge in [-0.1, -0.05) is 6.92 Å². The molecule has 0 aliphatic rings. The summed E-state index contributed by atoms with van der Waals surface area (Å²) in [6, 6.07) is 11.1. The van der Waals surface area contributed by atoms with E-state index in [1.165, 1.54) is 18.3 Å². The summed E-state index contributed by atoms with van der Waals surface area (Å²) in [5.41, 5.74) is 8.55. The average molecular weight is 434 g/mol. The molecule has 0 fully saturated rings. The molecule has 0 unspecified atom stereocenters. The number of aromatic nitrogens is 4. The fourth-order valence-electron chi connectivity index (χ4n) is 3.75. The number of hydrazine groups is 1. The minimum absolute atomic E-state index is 0.324. The van der Waals surface area contributed by atoms with Crippen LogP contribution < -0.4 is 10.9 Å². The molecule has 0 radical (unpaired) electrons. The van der Waals surface area contributed by atoms with Gasteiger partial charge in [-0.2, -0.15) is 5.10 Å². The van der Waals surface area contributed by atoms with Gasteiger partial charge < -0.3 is 4.57 Å². The number of halogens is 1. The van der Waals surface area contributed by atoms with E-state index in [1.54, 1.807) is 28.9 Å². The van der Waals surface area contributed by atoms with Gasteiger partial charge in [-0.25, -0.2) is 14.1 Å². The molecule has 2 amide bonds. The van der Waals surface area contributed by atoms with Crippen LogP contribution in [0.3, 0.4) is 0 Å². The summed E-state index contributed by atoms with van der Waals surface area (Å²) >= 11 is 0. The van der Waals surface area contributed by atoms with Gasteiger partial charge in [-0.05, 0) is 62.7 Å². The van der Waals surface area contributed by atoms with Gasteiger partial charge in [0, 0.05) is 12.1 Å². The molecule has 0 spiro atoms. The van der Waals surface area contributed by atoms with Crippen LogP contribution in [0.1, 0.15) is 46.1 Å². The minimum Gasteiger partial charge on any atom is -0.329 e. The Morgan fingerprint density at radius 2 is 1.75 bits per heavy atom. The summed E-state index contributed by atoms with van der Waals surface area (Å²) in [6.07, 6.45) is 1.94. The third kappa shape index (κ3) is 3.84. The Labute approximate surface area is 184 Å². The molecule has 4 rings (SSSR count). The molecule has 0 aliphatic heterocycles. The van der Waals surface area contributed by atoms with Crippen LogP contribution in [0, 0.1) is 12.7 Å². The molecule has 0 saturated carbocycles. The van der Waals surface area contributed by atoms with Crippen LogP contribution in [0.5, 0.6) is 0 Å². The first kappa shape index (κ1) is 21.2. The number of nitrogens with one attached hydrogen (secondary N) is 2. The van der Waals surface area contributed by atoms with Crippen LogP contribution in [0.2, 0.25) is 0 Å². The molecule has 9 heteroatoms. The lowest BCUT2D eigenvalue weighted by Crippen LogP contribution is -2.41. The molecule has 0 bridgehead atoms. The maximum Gasteiger partial charge on any atom is 0.273 e. The third-order valence-electron chi connectivity index (χ3n) is 5.33. The van der Waals surface area contributed by atoms with Crippen molar-refractivity contribution in [1.29, 1.82) is 0 Å². The number of aryl methyl sites for hydroxylation is 2. The van der Waals surface area contributed by atoms with Crippen molar-refractivity contribution in [3.05, 3.63) is 77.1 Å². The Balaban J connectivity index is 1.49. The predicted octanol–water partition coefficient (Wildman–Crippen LogP) is 3.33.